The lowest BCUT2D eigenvalue weighted by Crippen LogP contribution is -2.21. The van der Waals surface area contributed by atoms with Gasteiger partial charge in [-0.2, -0.15) is 0 Å². The average Bonchev–Trinajstić information content (AvgIpc) is 2.17. The van der Waals surface area contributed by atoms with Gasteiger partial charge in [0, 0.05) is 5.56 Å². The average molecular weight is 262 g/mol. The summed E-state index contributed by atoms with van der Waals surface area (Å²) in [7, 11) is -3.26. The molecule has 1 aromatic carbocycles. The third-order valence-corrected chi connectivity index (χ3v) is 2.65. The monoisotopic (exact) mass is 261 g/mol. The Balaban J connectivity index is 2.75. The standard InChI is InChI=1S/C10H9ClFNO2S/c1-16(14,15)13-7-3-5-8-4-2-6-9(12)10(8)11/h2,4,6,13H,7H2,1H3. The predicted octanol–water partition coefficient (Wildman–Crippen LogP) is 1.38. The molecule has 3 nitrogen and oxygen atoms in total. The Bertz CT molecular complexity index is 546. The minimum absolute atomic E-state index is 0.0360. The van der Waals surface area contributed by atoms with Crippen LogP contribution in [0.2, 0.25) is 5.02 Å². The number of hydrogen-bond acceptors (Lipinski definition) is 2. The van der Waals surface area contributed by atoms with Gasteiger partial charge < -0.3 is 0 Å². The zero-order valence-electron chi connectivity index (χ0n) is 8.42. The van der Waals surface area contributed by atoms with Gasteiger partial charge in [-0.05, 0) is 12.1 Å². The van der Waals surface area contributed by atoms with Crippen molar-refractivity contribution in [1.29, 1.82) is 0 Å². The van der Waals surface area contributed by atoms with Crippen molar-refractivity contribution >= 4 is 21.6 Å². The van der Waals surface area contributed by atoms with E-state index in [1.165, 1.54) is 12.1 Å². The molecule has 1 N–H and O–H groups in total. The molecule has 0 saturated carbocycles. The van der Waals surface area contributed by atoms with Gasteiger partial charge in [-0.3, -0.25) is 0 Å². The molecule has 0 bridgehead atoms. The molecular formula is C10H9ClFNO2S. The zero-order valence-corrected chi connectivity index (χ0v) is 9.99. The summed E-state index contributed by atoms with van der Waals surface area (Å²) in [6.45, 7) is -0.0360. The number of nitrogens with one attached hydrogen (secondary N) is 1. The first-order valence-electron chi connectivity index (χ1n) is 4.27. The van der Waals surface area contributed by atoms with Crippen LogP contribution in [0, 0.1) is 17.7 Å². The van der Waals surface area contributed by atoms with E-state index in [1.807, 2.05) is 0 Å². The highest BCUT2D eigenvalue weighted by molar-refractivity contribution is 7.88. The maximum atomic E-state index is 13.0. The van der Waals surface area contributed by atoms with Crippen LogP contribution in [0.4, 0.5) is 4.39 Å². The first kappa shape index (κ1) is 13.0. The first-order chi connectivity index (χ1) is 7.40. The third-order valence-electron chi connectivity index (χ3n) is 1.60. The number of halogens is 2. The quantitative estimate of drug-likeness (QED) is 0.818. The summed E-state index contributed by atoms with van der Waals surface area (Å²) in [6.07, 6.45) is 1.03. The molecule has 86 valence electrons. The van der Waals surface area contributed by atoms with Crippen molar-refractivity contribution < 1.29 is 12.8 Å². The number of sulfonamides is 1. The van der Waals surface area contributed by atoms with Crippen molar-refractivity contribution in [3.05, 3.63) is 34.6 Å². The van der Waals surface area contributed by atoms with E-state index in [0.29, 0.717) is 5.56 Å². The molecule has 0 aliphatic heterocycles. The molecule has 0 aromatic heterocycles. The molecule has 0 fully saturated rings. The fourth-order valence-electron chi connectivity index (χ4n) is 0.907. The number of rotatable bonds is 2. The SMILES string of the molecule is CS(=O)(=O)NCC#Cc1cccc(F)c1Cl. The van der Waals surface area contributed by atoms with Crippen LogP contribution in [-0.4, -0.2) is 21.2 Å². The lowest BCUT2D eigenvalue weighted by atomic mass is 10.2. The Hall–Kier alpha value is -1.09. The molecule has 6 heteroatoms. The van der Waals surface area contributed by atoms with Crippen molar-refractivity contribution in [2.75, 3.05) is 12.8 Å². The maximum Gasteiger partial charge on any atom is 0.209 e. The van der Waals surface area contributed by atoms with Crippen LogP contribution in [0.15, 0.2) is 18.2 Å². The fraction of sp³-hybridized carbons (Fsp3) is 0.200. The molecule has 0 saturated heterocycles. The van der Waals surface area contributed by atoms with Crippen molar-refractivity contribution in [3.63, 3.8) is 0 Å². The molecule has 0 aliphatic rings. The van der Waals surface area contributed by atoms with Crippen molar-refractivity contribution in [3.8, 4) is 11.8 Å². The van der Waals surface area contributed by atoms with Gasteiger partial charge in [-0.1, -0.05) is 29.5 Å². The topological polar surface area (TPSA) is 46.2 Å². The van der Waals surface area contributed by atoms with Crippen LogP contribution in [0.3, 0.4) is 0 Å². The molecule has 0 heterocycles. The van der Waals surface area contributed by atoms with Gasteiger partial charge in [-0.25, -0.2) is 17.5 Å². The van der Waals surface area contributed by atoms with E-state index in [2.05, 4.69) is 16.6 Å². The largest absolute Gasteiger partial charge is 0.213 e. The van der Waals surface area contributed by atoms with Gasteiger partial charge in [0.15, 0.2) is 0 Å². The summed E-state index contributed by atoms with van der Waals surface area (Å²) in [6, 6.07) is 4.26. The molecule has 0 radical (unpaired) electrons. The van der Waals surface area contributed by atoms with E-state index in [9.17, 15) is 12.8 Å². The molecule has 0 aliphatic carbocycles. The minimum Gasteiger partial charge on any atom is -0.213 e. The predicted molar refractivity (Wildman–Crippen MR) is 61.1 cm³/mol. The molecular weight excluding hydrogens is 253 g/mol. The second-order valence-electron chi connectivity index (χ2n) is 3.00. The third kappa shape index (κ3) is 4.19. The van der Waals surface area contributed by atoms with E-state index in [4.69, 9.17) is 11.6 Å². The molecule has 0 atom stereocenters. The molecule has 0 unspecified atom stereocenters. The van der Waals surface area contributed by atoms with Gasteiger partial charge >= 0.3 is 0 Å². The fourth-order valence-corrected chi connectivity index (χ4v) is 1.41. The molecule has 0 spiro atoms. The van der Waals surface area contributed by atoms with Gasteiger partial charge in [0.05, 0.1) is 17.8 Å². The van der Waals surface area contributed by atoms with E-state index >= 15 is 0 Å². The highest BCUT2D eigenvalue weighted by Gasteiger charge is 2.02. The number of hydrogen-bond donors (Lipinski definition) is 1. The van der Waals surface area contributed by atoms with E-state index in [-0.39, 0.29) is 11.6 Å². The summed E-state index contributed by atoms with van der Waals surface area (Å²) in [5.74, 6) is 4.56. The normalized spacial score (nSPS) is 10.7. The summed E-state index contributed by atoms with van der Waals surface area (Å²) < 4.78 is 36.6. The first-order valence-corrected chi connectivity index (χ1v) is 6.54. The van der Waals surface area contributed by atoms with Gasteiger partial charge in [0.25, 0.3) is 0 Å². The van der Waals surface area contributed by atoms with Crippen LogP contribution in [0.5, 0.6) is 0 Å². The molecule has 0 amide bonds. The lowest BCUT2D eigenvalue weighted by molar-refractivity contribution is 0.592. The van der Waals surface area contributed by atoms with Crippen LogP contribution < -0.4 is 4.72 Å². The highest BCUT2D eigenvalue weighted by atomic mass is 35.5. The van der Waals surface area contributed by atoms with E-state index < -0.39 is 15.8 Å². The lowest BCUT2D eigenvalue weighted by Gasteiger charge is -1.96. The van der Waals surface area contributed by atoms with Crippen molar-refractivity contribution in [1.82, 2.24) is 4.72 Å². The number of benzene rings is 1. The Kier molecular flexibility index (Phi) is 4.30. The molecule has 16 heavy (non-hydrogen) atoms. The maximum absolute atomic E-state index is 13.0. The Labute approximate surface area is 98.7 Å². The molecule has 1 aromatic rings. The summed E-state index contributed by atoms with van der Waals surface area (Å²) in [5.41, 5.74) is 0.331. The van der Waals surface area contributed by atoms with E-state index in [1.54, 1.807) is 6.07 Å². The van der Waals surface area contributed by atoms with Crippen molar-refractivity contribution in [2.24, 2.45) is 0 Å². The van der Waals surface area contributed by atoms with E-state index in [0.717, 1.165) is 6.26 Å². The van der Waals surface area contributed by atoms with Gasteiger partial charge in [-0.15, -0.1) is 0 Å². The van der Waals surface area contributed by atoms with Crippen LogP contribution in [0.1, 0.15) is 5.56 Å². The second-order valence-corrected chi connectivity index (χ2v) is 5.21. The highest BCUT2D eigenvalue weighted by Crippen LogP contribution is 2.18. The summed E-state index contributed by atoms with van der Waals surface area (Å²) >= 11 is 5.65. The Morgan fingerprint density at radius 1 is 1.50 bits per heavy atom. The zero-order chi connectivity index (χ0) is 12.2. The van der Waals surface area contributed by atoms with Crippen LogP contribution in [-0.2, 0) is 10.0 Å². The Morgan fingerprint density at radius 3 is 2.81 bits per heavy atom. The van der Waals surface area contributed by atoms with Gasteiger partial charge in [0.1, 0.15) is 5.82 Å². The Morgan fingerprint density at radius 2 is 2.19 bits per heavy atom. The second kappa shape index (κ2) is 5.30. The molecule has 1 rings (SSSR count). The smallest absolute Gasteiger partial charge is 0.209 e. The minimum atomic E-state index is -3.26. The van der Waals surface area contributed by atoms with Crippen LogP contribution in [0.25, 0.3) is 0 Å². The summed E-state index contributed by atoms with van der Waals surface area (Å²) in [5, 5.41) is -0.0608. The van der Waals surface area contributed by atoms with Crippen molar-refractivity contribution in [2.45, 2.75) is 0 Å². The summed E-state index contributed by atoms with van der Waals surface area (Å²) in [4.78, 5) is 0. The van der Waals surface area contributed by atoms with Crippen LogP contribution >= 0.6 is 11.6 Å². The van der Waals surface area contributed by atoms with Gasteiger partial charge in [0.2, 0.25) is 10.0 Å².